The Bertz CT molecular complexity index is 383. The zero-order chi connectivity index (χ0) is 9.97. The van der Waals surface area contributed by atoms with Crippen LogP contribution in [0.1, 0.15) is 19.8 Å². The Morgan fingerprint density at radius 3 is 2.86 bits per heavy atom. The van der Waals surface area contributed by atoms with E-state index in [2.05, 4.69) is 24.3 Å². The Labute approximate surface area is 91.9 Å². The third kappa shape index (κ3) is 2.01. The van der Waals surface area contributed by atoms with Crippen molar-refractivity contribution >= 4 is 5.78 Å². The maximum absolute atomic E-state index is 11.3. The van der Waals surface area contributed by atoms with Gasteiger partial charge in [-0.15, -0.1) is 0 Å². The summed E-state index contributed by atoms with van der Waals surface area (Å²) in [6.07, 6.45) is 12.7. The fourth-order valence-electron chi connectivity index (χ4n) is 1.48. The van der Waals surface area contributed by atoms with E-state index >= 15 is 0 Å². The van der Waals surface area contributed by atoms with Gasteiger partial charge >= 0.3 is 91.8 Å². The van der Waals surface area contributed by atoms with Crippen molar-refractivity contribution in [1.82, 2.24) is 0 Å². The summed E-state index contributed by atoms with van der Waals surface area (Å²) in [6, 6.07) is 0. The van der Waals surface area contributed by atoms with Crippen LogP contribution < -0.4 is 0 Å². The Kier molecular flexibility index (Phi) is 2.93. The Morgan fingerprint density at radius 2 is 2.21 bits per heavy atom. The molecule has 0 radical (unpaired) electrons. The third-order valence-electron chi connectivity index (χ3n) is 2.18. The van der Waals surface area contributed by atoms with E-state index < -0.39 is 0 Å². The summed E-state index contributed by atoms with van der Waals surface area (Å²) < 4.78 is 2.88. The molecule has 0 aromatic carbocycles. The van der Waals surface area contributed by atoms with Crippen molar-refractivity contribution in [3.05, 3.63) is 44.3 Å². The van der Waals surface area contributed by atoms with E-state index in [0.29, 0.717) is 0 Å². The quantitative estimate of drug-likeness (QED) is 0.723. The number of hydrogen-bond donors (Lipinski definition) is 0. The van der Waals surface area contributed by atoms with Crippen LogP contribution in [0.2, 0.25) is 0 Å². The fourth-order valence-corrected chi connectivity index (χ4v) is 3.92. The Hall–Kier alpha value is -0.747. The van der Waals surface area contributed by atoms with Gasteiger partial charge in [-0.05, 0) is 0 Å². The van der Waals surface area contributed by atoms with Gasteiger partial charge in [-0.3, -0.25) is 0 Å². The topological polar surface area (TPSA) is 17.1 Å². The molecule has 0 bridgehead atoms. The van der Waals surface area contributed by atoms with Gasteiger partial charge in [0.1, 0.15) is 0 Å². The summed E-state index contributed by atoms with van der Waals surface area (Å²) in [7, 11) is 0. The normalized spacial score (nSPS) is 19.6. The number of hydrogen-bond acceptors (Lipinski definition) is 1. The average molecular weight is 273 g/mol. The van der Waals surface area contributed by atoms with Crippen molar-refractivity contribution in [1.29, 1.82) is 0 Å². The van der Waals surface area contributed by atoms with Gasteiger partial charge in [-0.25, -0.2) is 0 Å². The number of carbonyl (C=O) groups excluding carboxylic acids is 1. The maximum atomic E-state index is 11.3. The summed E-state index contributed by atoms with van der Waals surface area (Å²) in [6.45, 7) is 1.66. The third-order valence-corrected chi connectivity index (χ3v) is 4.73. The first-order valence-corrected chi connectivity index (χ1v) is 6.40. The first-order chi connectivity index (χ1) is 6.77. The van der Waals surface area contributed by atoms with Gasteiger partial charge in [0.2, 0.25) is 0 Å². The molecule has 0 atom stereocenters. The number of Topliss-reactive ketones (excluding diaryl/α,β-unsaturated/α-hetero) is 1. The summed E-state index contributed by atoms with van der Waals surface area (Å²) in [5.41, 5.74) is 0.969. The number of allylic oxidation sites excluding steroid dienone is 8. The van der Waals surface area contributed by atoms with E-state index in [1.165, 1.54) is 8.33 Å². The molecule has 14 heavy (non-hydrogen) atoms. The second-order valence-electron chi connectivity index (χ2n) is 3.29. The Balaban J connectivity index is 2.11. The van der Waals surface area contributed by atoms with Crippen molar-refractivity contribution in [2.24, 2.45) is 0 Å². The van der Waals surface area contributed by atoms with Crippen LogP contribution in [-0.2, 0) is 21.9 Å². The predicted octanol–water partition coefficient (Wildman–Crippen LogP) is 2.72. The molecule has 0 aromatic rings. The molecule has 0 saturated heterocycles. The van der Waals surface area contributed by atoms with Crippen LogP contribution in [-0.4, -0.2) is 5.78 Å². The molecule has 0 heterocycles. The molecule has 2 aliphatic carbocycles. The molecule has 0 fully saturated rings. The molecule has 0 aromatic heterocycles. The van der Waals surface area contributed by atoms with Crippen LogP contribution in [0, 0.1) is 0 Å². The van der Waals surface area contributed by atoms with Crippen LogP contribution in [0.5, 0.6) is 0 Å². The summed E-state index contributed by atoms with van der Waals surface area (Å²) in [5.74, 6) is 0.217. The van der Waals surface area contributed by atoms with Gasteiger partial charge in [0.05, 0.1) is 0 Å². The molecule has 2 heteroatoms. The van der Waals surface area contributed by atoms with Gasteiger partial charge in [0, 0.05) is 0 Å². The number of ketones is 1. The van der Waals surface area contributed by atoms with Gasteiger partial charge in [-0.1, -0.05) is 0 Å². The first-order valence-electron chi connectivity index (χ1n) is 4.66. The monoisotopic (exact) mass is 274 g/mol. The molecule has 1 nitrogen and oxygen atoms in total. The zero-order valence-corrected chi connectivity index (χ0v) is 9.80. The summed E-state index contributed by atoms with van der Waals surface area (Å²) in [5, 5.41) is 0. The SMILES string of the molecule is CC(=O)C1=[C]([Ru][C]2=CC=CC2)CC=C1. The van der Waals surface area contributed by atoms with E-state index in [0.717, 1.165) is 18.4 Å². The van der Waals surface area contributed by atoms with Crippen LogP contribution in [0.25, 0.3) is 0 Å². The van der Waals surface area contributed by atoms with E-state index in [4.69, 9.17) is 0 Å². The number of rotatable bonds is 3. The summed E-state index contributed by atoms with van der Waals surface area (Å²) in [4.78, 5) is 11.3. The molecule has 2 rings (SSSR count). The van der Waals surface area contributed by atoms with Crippen molar-refractivity contribution in [3.8, 4) is 0 Å². The molecule has 0 spiro atoms. The minimum atomic E-state index is 0.126. The molecule has 0 saturated carbocycles. The molecule has 0 unspecified atom stereocenters. The average Bonchev–Trinajstić information content (AvgIpc) is 2.75. The fraction of sp³-hybridized carbons (Fsp3) is 0.250. The molecule has 0 aliphatic heterocycles. The van der Waals surface area contributed by atoms with Crippen molar-refractivity contribution in [2.45, 2.75) is 19.8 Å². The number of carbonyl (C=O) groups is 1. The van der Waals surface area contributed by atoms with E-state index in [1.54, 1.807) is 6.92 Å². The van der Waals surface area contributed by atoms with E-state index in [-0.39, 0.29) is 22.9 Å². The summed E-state index contributed by atoms with van der Waals surface area (Å²) >= 11 is 0.126. The molecule has 74 valence electrons. The van der Waals surface area contributed by atoms with Crippen LogP contribution >= 0.6 is 0 Å². The van der Waals surface area contributed by atoms with Crippen LogP contribution in [0.4, 0.5) is 0 Å². The van der Waals surface area contributed by atoms with Gasteiger partial charge < -0.3 is 0 Å². The van der Waals surface area contributed by atoms with Crippen molar-refractivity contribution in [3.63, 3.8) is 0 Å². The van der Waals surface area contributed by atoms with Crippen LogP contribution in [0.3, 0.4) is 0 Å². The Morgan fingerprint density at radius 1 is 1.36 bits per heavy atom. The minimum absolute atomic E-state index is 0.126. The first kappa shape index (κ1) is 9.79. The van der Waals surface area contributed by atoms with Crippen molar-refractivity contribution in [2.75, 3.05) is 0 Å². The molecular formula is C12H12ORu. The van der Waals surface area contributed by atoms with Gasteiger partial charge in [-0.2, -0.15) is 0 Å². The van der Waals surface area contributed by atoms with Gasteiger partial charge in [0.25, 0.3) is 0 Å². The second-order valence-corrected chi connectivity index (χ2v) is 5.88. The molecule has 0 amide bonds. The predicted molar refractivity (Wildman–Crippen MR) is 53.3 cm³/mol. The molecule has 0 N–H and O–H groups in total. The second kappa shape index (κ2) is 4.19. The molecule has 2 aliphatic rings. The van der Waals surface area contributed by atoms with E-state index in [1.807, 2.05) is 6.08 Å². The molecular weight excluding hydrogens is 261 g/mol. The van der Waals surface area contributed by atoms with Crippen LogP contribution in [0.15, 0.2) is 44.3 Å². The zero-order valence-electron chi connectivity index (χ0n) is 8.06. The van der Waals surface area contributed by atoms with Gasteiger partial charge in [0.15, 0.2) is 0 Å². The standard InChI is InChI=1S/C7H7O.C5H5.Ru/c1-6(8)7-4-2-3-5-7;1-2-4-5-3-1;/h2,4H,3H2,1H3;1-3H,4H2;. The van der Waals surface area contributed by atoms with E-state index in [9.17, 15) is 4.79 Å². The van der Waals surface area contributed by atoms with Crippen molar-refractivity contribution < 1.29 is 21.9 Å².